The van der Waals surface area contributed by atoms with Gasteiger partial charge in [0, 0.05) is 17.5 Å². The van der Waals surface area contributed by atoms with Crippen LogP contribution in [0.15, 0.2) is 16.6 Å². The first-order valence-corrected chi connectivity index (χ1v) is 5.75. The van der Waals surface area contributed by atoms with E-state index in [1.807, 2.05) is 13.0 Å². The van der Waals surface area contributed by atoms with E-state index in [0.29, 0.717) is 0 Å². The Morgan fingerprint density at radius 2 is 2.27 bits per heavy atom. The molecule has 0 spiro atoms. The third-order valence-electron chi connectivity index (χ3n) is 2.36. The molecule has 0 saturated carbocycles. The van der Waals surface area contributed by atoms with Crippen molar-refractivity contribution >= 4 is 27.0 Å². The van der Waals surface area contributed by atoms with E-state index in [2.05, 4.69) is 32.0 Å². The summed E-state index contributed by atoms with van der Waals surface area (Å²) in [5.74, 6) is 0.945. The number of hydrogen-bond donors (Lipinski definition) is 2. The highest BCUT2D eigenvalue weighted by Gasteiger charge is 2.05. The zero-order valence-corrected chi connectivity index (χ0v) is 10.1. The van der Waals surface area contributed by atoms with Gasteiger partial charge in [0.25, 0.3) is 0 Å². The van der Waals surface area contributed by atoms with Gasteiger partial charge in [-0.3, -0.25) is 0 Å². The molecule has 0 radical (unpaired) electrons. The van der Waals surface area contributed by atoms with E-state index in [1.54, 1.807) is 0 Å². The standard InChI is InChI=1S/C11H13BrN2O/c1-7-5-8(12)6-9-11(7)14-10(13-9)3-2-4-15/h5-6,15H,2-4H2,1H3,(H,13,14). The van der Waals surface area contributed by atoms with E-state index < -0.39 is 0 Å². The second-order valence-electron chi connectivity index (χ2n) is 3.63. The van der Waals surface area contributed by atoms with E-state index >= 15 is 0 Å². The van der Waals surface area contributed by atoms with Crippen LogP contribution < -0.4 is 0 Å². The quantitative estimate of drug-likeness (QED) is 0.899. The normalized spacial score (nSPS) is 11.1. The molecule has 0 aliphatic carbocycles. The average Bonchev–Trinajstić information content (AvgIpc) is 2.57. The van der Waals surface area contributed by atoms with Crippen LogP contribution in [0, 0.1) is 6.92 Å². The number of imidazole rings is 1. The maximum absolute atomic E-state index is 8.75. The summed E-state index contributed by atoms with van der Waals surface area (Å²) in [6, 6.07) is 4.08. The van der Waals surface area contributed by atoms with Crippen LogP contribution in [0.5, 0.6) is 0 Å². The van der Waals surface area contributed by atoms with Gasteiger partial charge in [-0.1, -0.05) is 15.9 Å². The van der Waals surface area contributed by atoms with Gasteiger partial charge in [-0.05, 0) is 31.0 Å². The molecule has 0 saturated heterocycles. The number of aromatic nitrogens is 2. The summed E-state index contributed by atoms with van der Waals surface area (Å²) in [5, 5.41) is 8.75. The van der Waals surface area contributed by atoms with Crippen molar-refractivity contribution in [3.63, 3.8) is 0 Å². The smallest absolute Gasteiger partial charge is 0.107 e. The van der Waals surface area contributed by atoms with Gasteiger partial charge >= 0.3 is 0 Å². The van der Waals surface area contributed by atoms with Crippen LogP contribution in [0.4, 0.5) is 0 Å². The maximum Gasteiger partial charge on any atom is 0.107 e. The molecule has 0 amide bonds. The fourth-order valence-electron chi connectivity index (χ4n) is 1.66. The largest absolute Gasteiger partial charge is 0.396 e. The predicted octanol–water partition coefficient (Wildman–Crippen LogP) is 2.56. The molecule has 0 fully saturated rings. The number of halogens is 1. The van der Waals surface area contributed by atoms with E-state index in [0.717, 1.165) is 39.7 Å². The van der Waals surface area contributed by atoms with Gasteiger partial charge in [0.1, 0.15) is 5.82 Å². The summed E-state index contributed by atoms with van der Waals surface area (Å²) < 4.78 is 1.06. The molecule has 0 bridgehead atoms. The monoisotopic (exact) mass is 268 g/mol. The van der Waals surface area contributed by atoms with Crippen LogP contribution in [-0.2, 0) is 6.42 Å². The fraction of sp³-hybridized carbons (Fsp3) is 0.364. The molecule has 2 N–H and O–H groups in total. The zero-order valence-electron chi connectivity index (χ0n) is 8.55. The summed E-state index contributed by atoms with van der Waals surface area (Å²) in [4.78, 5) is 7.76. The summed E-state index contributed by atoms with van der Waals surface area (Å²) in [6.45, 7) is 2.25. The van der Waals surface area contributed by atoms with Crippen molar-refractivity contribution in [2.45, 2.75) is 19.8 Å². The number of H-pyrrole nitrogens is 1. The van der Waals surface area contributed by atoms with Gasteiger partial charge in [0.2, 0.25) is 0 Å². The van der Waals surface area contributed by atoms with Crippen molar-refractivity contribution in [2.75, 3.05) is 6.61 Å². The van der Waals surface area contributed by atoms with Crippen molar-refractivity contribution in [2.24, 2.45) is 0 Å². The summed E-state index contributed by atoms with van der Waals surface area (Å²) in [6.07, 6.45) is 1.54. The first kappa shape index (κ1) is 10.6. The summed E-state index contributed by atoms with van der Waals surface area (Å²) >= 11 is 3.46. The Hall–Kier alpha value is -0.870. The zero-order chi connectivity index (χ0) is 10.8. The first-order chi connectivity index (χ1) is 7.20. The highest BCUT2D eigenvalue weighted by Crippen LogP contribution is 2.22. The fourth-order valence-corrected chi connectivity index (χ4v) is 2.23. The molecule has 0 atom stereocenters. The van der Waals surface area contributed by atoms with Crippen LogP contribution in [0.25, 0.3) is 11.0 Å². The lowest BCUT2D eigenvalue weighted by Gasteiger charge is -1.94. The number of aliphatic hydroxyl groups excluding tert-OH is 1. The van der Waals surface area contributed by atoms with E-state index in [1.165, 1.54) is 0 Å². The highest BCUT2D eigenvalue weighted by molar-refractivity contribution is 9.10. The van der Waals surface area contributed by atoms with Crippen LogP contribution >= 0.6 is 15.9 Å². The van der Waals surface area contributed by atoms with E-state index in [-0.39, 0.29) is 6.61 Å². The number of benzene rings is 1. The number of nitrogens with one attached hydrogen (secondary N) is 1. The van der Waals surface area contributed by atoms with Crippen molar-refractivity contribution in [3.8, 4) is 0 Å². The second kappa shape index (κ2) is 4.33. The summed E-state index contributed by atoms with van der Waals surface area (Å²) in [5.41, 5.74) is 3.23. The minimum atomic E-state index is 0.208. The average molecular weight is 269 g/mol. The van der Waals surface area contributed by atoms with Gasteiger partial charge in [0.15, 0.2) is 0 Å². The molecule has 1 aromatic carbocycles. The number of aliphatic hydroxyl groups is 1. The Morgan fingerprint density at radius 3 is 3.00 bits per heavy atom. The van der Waals surface area contributed by atoms with E-state index in [9.17, 15) is 0 Å². The van der Waals surface area contributed by atoms with Gasteiger partial charge in [0.05, 0.1) is 11.0 Å². The minimum absolute atomic E-state index is 0.208. The van der Waals surface area contributed by atoms with Crippen LogP contribution in [-0.4, -0.2) is 21.7 Å². The predicted molar refractivity (Wildman–Crippen MR) is 63.9 cm³/mol. The number of hydrogen-bond acceptors (Lipinski definition) is 2. The molecule has 1 aromatic heterocycles. The molecular weight excluding hydrogens is 256 g/mol. The van der Waals surface area contributed by atoms with Crippen molar-refractivity contribution < 1.29 is 5.11 Å². The molecule has 2 rings (SSSR count). The molecule has 0 aliphatic rings. The first-order valence-electron chi connectivity index (χ1n) is 4.96. The number of nitrogens with zero attached hydrogens (tertiary/aromatic N) is 1. The van der Waals surface area contributed by atoms with Crippen LogP contribution in [0.2, 0.25) is 0 Å². The molecule has 0 aliphatic heterocycles. The second-order valence-corrected chi connectivity index (χ2v) is 4.55. The lowest BCUT2D eigenvalue weighted by Crippen LogP contribution is -1.91. The van der Waals surface area contributed by atoms with Crippen LogP contribution in [0.3, 0.4) is 0 Å². The minimum Gasteiger partial charge on any atom is -0.396 e. The lowest BCUT2D eigenvalue weighted by atomic mass is 10.2. The van der Waals surface area contributed by atoms with Crippen LogP contribution in [0.1, 0.15) is 17.8 Å². The summed E-state index contributed by atoms with van der Waals surface area (Å²) in [7, 11) is 0. The number of aromatic amines is 1. The SMILES string of the molecule is Cc1cc(Br)cc2[nH]c(CCCO)nc12. The maximum atomic E-state index is 8.75. The van der Waals surface area contributed by atoms with E-state index in [4.69, 9.17) is 5.11 Å². The lowest BCUT2D eigenvalue weighted by molar-refractivity contribution is 0.287. The molecule has 1 heterocycles. The van der Waals surface area contributed by atoms with Gasteiger partial charge < -0.3 is 10.1 Å². The molecular formula is C11H13BrN2O. The number of aryl methyl sites for hydroxylation is 2. The number of fused-ring (bicyclic) bond motifs is 1. The topological polar surface area (TPSA) is 48.9 Å². The number of rotatable bonds is 3. The Balaban J connectivity index is 2.41. The van der Waals surface area contributed by atoms with Crippen molar-refractivity contribution in [1.82, 2.24) is 9.97 Å². The van der Waals surface area contributed by atoms with Gasteiger partial charge in [-0.25, -0.2) is 4.98 Å². The third-order valence-corrected chi connectivity index (χ3v) is 2.82. The molecule has 80 valence electrons. The molecule has 4 heteroatoms. The molecule has 0 unspecified atom stereocenters. The highest BCUT2D eigenvalue weighted by atomic mass is 79.9. The third kappa shape index (κ3) is 2.21. The van der Waals surface area contributed by atoms with Crippen molar-refractivity contribution in [1.29, 1.82) is 0 Å². The van der Waals surface area contributed by atoms with Gasteiger partial charge in [-0.15, -0.1) is 0 Å². The molecule has 2 aromatic rings. The molecule has 3 nitrogen and oxygen atoms in total. The van der Waals surface area contributed by atoms with Crippen molar-refractivity contribution in [3.05, 3.63) is 28.0 Å². The molecule has 15 heavy (non-hydrogen) atoms. The Bertz CT molecular complexity index is 479. The van der Waals surface area contributed by atoms with Gasteiger partial charge in [-0.2, -0.15) is 0 Å². The Kier molecular flexibility index (Phi) is 3.07. The Morgan fingerprint density at radius 1 is 1.47 bits per heavy atom. The Labute approximate surface area is 96.7 Å².